The fourth-order valence-electron chi connectivity index (χ4n) is 1.92. The van der Waals surface area contributed by atoms with Gasteiger partial charge in [-0.1, -0.05) is 45.9 Å². The molecule has 2 aromatic rings. The van der Waals surface area contributed by atoms with Crippen LogP contribution in [-0.4, -0.2) is 4.98 Å². The Kier molecular flexibility index (Phi) is 4.25. The minimum atomic E-state index is 0.143. The van der Waals surface area contributed by atoms with Crippen molar-refractivity contribution in [3.8, 4) is 0 Å². The molecule has 0 radical (unpaired) electrons. The molecule has 1 aromatic heterocycles. The summed E-state index contributed by atoms with van der Waals surface area (Å²) in [6, 6.07) is 8.49. The van der Waals surface area contributed by atoms with Gasteiger partial charge in [-0.2, -0.15) is 0 Å². The smallest absolute Gasteiger partial charge is 0.0981 e. The molecule has 0 unspecified atom stereocenters. The number of para-hydroxylation sites is 1. The second-order valence-electron chi connectivity index (χ2n) is 5.75. The van der Waals surface area contributed by atoms with E-state index in [0.29, 0.717) is 0 Å². The highest BCUT2D eigenvalue weighted by Crippen LogP contribution is 2.27. The maximum Gasteiger partial charge on any atom is 0.0981 e. The van der Waals surface area contributed by atoms with Crippen LogP contribution in [0, 0.1) is 0 Å². The Balaban J connectivity index is 2.05. The molecule has 0 aliphatic heterocycles. The van der Waals surface area contributed by atoms with Gasteiger partial charge in [-0.25, -0.2) is 4.98 Å². The molecule has 0 saturated heterocycles. The average molecular weight is 274 g/mol. The van der Waals surface area contributed by atoms with Crippen LogP contribution in [0.5, 0.6) is 0 Å². The van der Waals surface area contributed by atoms with Crippen molar-refractivity contribution in [3.05, 3.63) is 45.9 Å². The summed E-state index contributed by atoms with van der Waals surface area (Å²) in [5, 5.41) is 4.72. The standard InChI is InChI=1S/C16H22N2S/c1-5-12-8-6-7-9-14(12)17-10-13-11-18-15(19-13)16(2,3)4/h6-9,11,17H,5,10H2,1-4H3. The first-order valence-corrected chi connectivity index (χ1v) is 7.59. The summed E-state index contributed by atoms with van der Waals surface area (Å²) < 4.78 is 0. The van der Waals surface area contributed by atoms with Crippen molar-refractivity contribution in [2.45, 2.75) is 46.1 Å². The van der Waals surface area contributed by atoms with Crippen LogP contribution in [0.2, 0.25) is 0 Å². The van der Waals surface area contributed by atoms with Gasteiger partial charge in [0.25, 0.3) is 0 Å². The minimum absolute atomic E-state index is 0.143. The maximum absolute atomic E-state index is 4.52. The van der Waals surface area contributed by atoms with Crippen LogP contribution in [-0.2, 0) is 18.4 Å². The minimum Gasteiger partial charge on any atom is -0.380 e. The van der Waals surface area contributed by atoms with Crippen LogP contribution in [0.15, 0.2) is 30.5 Å². The van der Waals surface area contributed by atoms with Gasteiger partial charge in [-0.3, -0.25) is 0 Å². The molecule has 0 bridgehead atoms. The van der Waals surface area contributed by atoms with E-state index in [4.69, 9.17) is 0 Å². The quantitative estimate of drug-likeness (QED) is 0.880. The van der Waals surface area contributed by atoms with Crippen LogP contribution in [0.3, 0.4) is 0 Å². The summed E-state index contributed by atoms with van der Waals surface area (Å²) in [6.45, 7) is 9.65. The van der Waals surface area contributed by atoms with Gasteiger partial charge in [0.15, 0.2) is 0 Å². The molecule has 0 spiro atoms. The fraction of sp³-hybridized carbons (Fsp3) is 0.438. The molecule has 3 heteroatoms. The number of thiazole rings is 1. The number of hydrogen-bond acceptors (Lipinski definition) is 3. The Morgan fingerprint density at radius 2 is 1.95 bits per heavy atom. The number of aromatic nitrogens is 1. The van der Waals surface area contributed by atoms with Crippen LogP contribution in [0.4, 0.5) is 5.69 Å². The van der Waals surface area contributed by atoms with E-state index >= 15 is 0 Å². The molecule has 2 rings (SSSR count). The third-order valence-corrected chi connectivity index (χ3v) is 4.47. The average Bonchev–Trinajstić information content (AvgIpc) is 2.85. The predicted molar refractivity (Wildman–Crippen MR) is 84.0 cm³/mol. The molecular weight excluding hydrogens is 252 g/mol. The lowest BCUT2D eigenvalue weighted by Crippen LogP contribution is -2.09. The van der Waals surface area contributed by atoms with Crippen molar-refractivity contribution in [3.63, 3.8) is 0 Å². The van der Waals surface area contributed by atoms with Gasteiger partial charge in [0.2, 0.25) is 0 Å². The number of aryl methyl sites for hydroxylation is 1. The SMILES string of the molecule is CCc1ccccc1NCc1cnc(C(C)(C)C)s1. The summed E-state index contributed by atoms with van der Waals surface area (Å²) in [5.74, 6) is 0. The summed E-state index contributed by atoms with van der Waals surface area (Å²) in [7, 11) is 0. The third-order valence-electron chi connectivity index (χ3n) is 3.05. The topological polar surface area (TPSA) is 24.9 Å². The van der Waals surface area contributed by atoms with Gasteiger partial charge in [0.05, 0.1) is 11.6 Å². The number of rotatable bonds is 4. The van der Waals surface area contributed by atoms with Crippen LogP contribution in [0.1, 0.15) is 43.1 Å². The van der Waals surface area contributed by atoms with Crippen molar-refractivity contribution in [1.82, 2.24) is 4.98 Å². The molecule has 0 amide bonds. The van der Waals surface area contributed by atoms with Gasteiger partial charge < -0.3 is 5.32 Å². The number of benzene rings is 1. The molecule has 1 N–H and O–H groups in total. The molecule has 2 nitrogen and oxygen atoms in total. The van der Waals surface area contributed by atoms with Crippen LogP contribution in [0.25, 0.3) is 0 Å². The van der Waals surface area contributed by atoms with Crippen molar-refractivity contribution >= 4 is 17.0 Å². The Morgan fingerprint density at radius 1 is 1.21 bits per heavy atom. The Labute approximate surface area is 119 Å². The van der Waals surface area contributed by atoms with Gasteiger partial charge in [-0.15, -0.1) is 11.3 Å². The largest absolute Gasteiger partial charge is 0.380 e. The highest BCUT2D eigenvalue weighted by molar-refractivity contribution is 7.11. The Bertz CT molecular complexity index is 538. The lowest BCUT2D eigenvalue weighted by Gasteiger charge is -2.13. The molecule has 0 aliphatic carbocycles. The number of nitrogens with one attached hydrogen (secondary N) is 1. The second-order valence-corrected chi connectivity index (χ2v) is 6.86. The molecule has 19 heavy (non-hydrogen) atoms. The molecule has 0 atom stereocenters. The zero-order valence-corrected chi connectivity index (χ0v) is 13.0. The number of anilines is 1. The first-order valence-electron chi connectivity index (χ1n) is 6.77. The molecule has 0 saturated carbocycles. The summed E-state index contributed by atoms with van der Waals surface area (Å²) in [4.78, 5) is 5.81. The normalized spacial score (nSPS) is 11.6. The van der Waals surface area contributed by atoms with E-state index in [-0.39, 0.29) is 5.41 Å². The Hall–Kier alpha value is -1.35. The summed E-state index contributed by atoms with van der Waals surface area (Å²) in [6.07, 6.45) is 3.05. The second kappa shape index (κ2) is 5.74. The van der Waals surface area contributed by atoms with Gasteiger partial charge in [0.1, 0.15) is 0 Å². The monoisotopic (exact) mass is 274 g/mol. The fourth-order valence-corrected chi connectivity index (χ4v) is 2.83. The van der Waals surface area contributed by atoms with E-state index < -0.39 is 0 Å². The van der Waals surface area contributed by atoms with E-state index in [1.54, 1.807) is 11.3 Å². The van der Waals surface area contributed by atoms with E-state index in [9.17, 15) is 0 Å². The lowest BCUT2D eigenvalue weighted by atomic mass is 9.98. The predicted octanol–water partition coefficient (Wildman–Crippen LogP) is 4.62. The number of hydrogen-bond donors (Lipinski definition) is 1. The molecule has 0 aliphatic rings. The third kappa shape index (κ3) is 3.57. The van der Waals surface area contributed by atoms with Crippen molar-refractivity contribution in [2.24, 2.45) is 0 Å². The maximum atomic E-state index is 4.52. The molecule has 1 aromatic carbocycles. The van der Waals surface area contributed by atoms with Crippen LogP contribution < -0.4 is 5.32 Å². The lowest BCUT2D eigenvalue weighted by molar-refractivity contribution is 0.585. The van der Waals surface area contributed by atoms with Crippen molar-refractivity contribution in [2.75, 3.05) is 5.32 Å². The van der Waals surface area contributed by atoms with E-state index in [0.717, 1.165) is 13.0 Å². The Morgan fingerprint density at radius 3 is 2.58 bits per heavy atom. The zero-order valence-electron chi connectivity index (χ0n) is 12.2. The molecule has 1 heterocycles. The first-order chi connectivity index (χ1) is 9.00. The molecule has 0 fully saturated rings. The highest BCUT2D eigenvalue weighted by atomic mass is 32.1. The summed E-state index contributed by atoms with van der Waals surface area (Å²) >= 11 is 1.80. The van der Waals surface area contributed by atoms with E-state index in [2.05, 4.69) is 62.3 Å². The van der Waals surface area contributed by atoms with Crippen molar-refractivity contribution in [1.29, 1.82) is 0 Å². The van der Waals surface area contributed by atoms with Gasteiger partial charge in [-0.05, 0) is 18.1 Å². The van der Waals surface area contributed by atoms with Gasteiger partial charge in [0, 0.05) is 22.2 Å². The van der Waals surface area contributed by atoms with E-state index in [1.165, 1.54) is 21.1 Å². The highest BCUT2D eigenvalue weighted by Gasteiger charge is 2.17. The van der Waals surface area contributed by atoms with E-state index in [1.807, 2.05) is 6.20 Å². The molecule has 102 valence electrons. The summed E-state index contributed by atoms with van der Waals surface area (Å²) in [5.41, 5.74) is 2.74. The first kappa shape index (κ1) is 14.1. The van der Waals surface area contributed by atoms with Gasteiger partial charge >= 0.3 is 0 Å². The van der Waals surface area contributed by atoms with Crippen LogP contribution >= 0.6 is 11.3 Å². The molecular formula is C16H22N2S. The van der Waals surface area contributed by atoms with Crippen molar-refractivity contribution < 1.29 is 0 Å². The zero-order chi connectivity index (χ0) is 13.9. The number of nitrogens with zero attached hydrogens (tertiary/aromatic N) is 1.